The van der Waals surface area contributed by atoms with Crippen molar-refractivity contribution in [3.63, 3.8) is 0 Å². The van der Waals surface area contributed by atoms with Crippen molar-refractivity contribution in [3.8, 4) is 5.75 Å². The van der Waals surface area contributed by atoms with Crippen LogP contribution in [0, 0.1) is 5.92 Å². The lowest BCUT2D eigenvalue weighted by Crippen LogP contribution is -2.42. The number of fused-ring (bicyclic) bond motifs is 1. The summed E-state index contributed by atoms with van der Waals surface area (Å²) in [6, 6.07) is 10.5. The average Bonchev–Trinajstić information content (AvgIpc) is 2.67. The number of carbonyl (C=O) groups excluding carboxylic acids is 2. The van der Waals surface area contributed by atoms with E-state index in [-0.39, 0.29) is 24.7 Å². The molecule has 154 valence electrons. The number of alkyl halides is 3. The summed E-state index contributed by atoms with van der Waals surface area (Å²) in [6.07, 6.45) is -4.14. The van der Waals surface area contributed by atoms with Gasteiger partial charge in [0.1, 0.15) is 12.4 Å². The number of halogens is 4. The van der Waals surface area contributed by atoms with Gasteiger partial charge in [0, 0.05) is 12.7 Å². The van der Waals surface area contributed by atoms with Gasteiger partial charge in [-0.1, -0.05) is 29.8 Å². The van der Waals surface area contributed by atoms with E-state index in [0.717, 1.165) is 23.4 Å². The number of carbonyl (C=O) groups is 2. The average molecular weight is 427 g/mol. The highest BCUT2D eigenvalue weighted by molar-refractivity contribution is 6.31. The summed E-state index contributed by atoms with van der Waals surface area (Å²) in [5.41, 5.74) is -0.183. The van der Waals surface area contributed by atoms with Gasteiger partial charge in [-0.2, -0.15) is 13.2 Å². The highest BCUT2D eigenvalue weighted by Gasteiger charge is 2.33. The number of nitrogens with zero attached hydrogens (tertiary/aromatic N) is 1. The molecule has 2 aromatic carbocycles. The van der Waals surface area contributed by atoms with E-state index in [1.165, 1.54) is 18.0 Å². The summed E-state index contributed by atoms with van der Waals surface area (Å²) < 4.78 is 44.4. The minimum absolute atomic E-state index is 0.0532. The fourth-order valence-corrected chi connectivity index (χ4v) is 3.34. The van der Waals surface area contributed by atoms with Crippen LogP contribution in [0.1, 0.15) is 11.1 Å². The maximum atomic E-state index is 12.9. The molecule has 0 fully saturated rings. The maximum absolute atomic E-state index is 12.9. The van der Waals surface area contributed by atoms with Crippen molar-refractivity contribution in [2.24, 2.45) is 5.92 Å². The van der Waals surface area contributed by atoms with Gasteiger partial charge >= 0.3 is 6.18 Å². The summed E-state index contributed by atoms with van der Waals surface area (Å²) in [5.74, 6) is -0.592. The SMILES string of the molecule is CN(CC(=O)Nc1ccc(Cl)c(C(F)(F)F)c1)C(=O)C1COc2ccccc2C1. The Balaban J connectivity index is 1.60. The van der Waals surface area contributed by atoms with Gasteiger partial charge in [0.15, 0.2) is 0 Å². The standard InChI is InChI=1S/C20H18ClF3N2O3/c1-26(19(28)13-8-12-4-2-3-5-17(12)29-11-13)10-18(27)25-14-6-7-16(21)15(9-14)20(22,23)24/h2-7,9,13H,8,10-11H2,1H3,(H,25,27). The fraction of sp³-hybridized carbons (Fsp3) is 0.300. The molecule has 0 saturated heterocycles. The van der Waals surface area contributed by atoms with Crippen LogP contribution in [0.15, 0.2) is 42.5 Å². The van der Waals surface area contributed by atoms with Crippen LogP contribution < -0.4 is 10.1 Å². The third-order valence-electron chi connectivity index (χ3n) is 4.54. The van der Waals surface area contributed by atoms with E-state index in [2.05, 4.69) is 5.32 Å². The third-order valence-corrected chi connectivity index (χ3v) is 4.87. The highest BCUT2D eigenvalue weighted by atomic mass is 35.5. The molecule has 0 saturated carbocycles. The number of amides is 2. The number of ether oxygens (including phenoxy) is 1. The Hall–Kier alpha value is -2.74. The molecule has 2 amide bonds. The number of rotatable bonds is 4. The normalized spacial score (nSPS) is 15.8. The van der Waals surface area contributed by atoms with E-state index in [1.54, 1.807) is 0 Å². The van der Waals surface area contributed by atoms with Crippen molar-refractivity contribution in [3.05, 3.63) is 58.6 Å². The molecule has 9 heteroatoms. The zero-order chi connectivity index (χ0) is 21.2. The predicted molar refractivity (Wildman–Crippen MR) is 102 cm³/mol. The van der Waals surface area contributed by atoms with Gasteiger partial charge in [0.25, 0.3) is 0 Å². The van der Waals surface area contributed by atoms with Crippen molar-refractivity contribution < 1.29 is 27.5 Å². The third kappa shape index (κ3) is 5.00. The Morgan fingerprint density at radius 2 is 1.97 bits per heavy atom. The number of anilines is 1. The molecular formula is C20H18ClF3N2O3. The summed E-state index contributed by atoms with van der Waals surface area (Å²) >= 11 is 5.57. The molecule has 1 atom stereocenters. The number of hydrogen-bond donors (Lipinski definition) is 1. The van der Waals surface area contributed by atoms with Crippen molar-refractivity contribution in [2.45, 2.75) is 12.6 Å². The molecule has 1 N–H and O–H groups in total. The minimum Gasteiger partial charge on any atom is -0.492 e. The van der Waals surface area contributed by atoms with Gasteiger partial charge in [0.2, 0.25) is 11.8 Å². The van der Waals surface area contributed by atoms with Gasteiger partial charge in [-0.25, -0.2) is 0 Å². The molecule has 0 spiro atoms. The topological polar surface area (TPSA) is 58.6 Å². The second-order valence-corrected chi connectivity index (χ2v) is 7.16. The van der Waals surface area contributed by atoms with Crippen molar-refractivity contribution >= 4 is 29.1 Å². The van der Waals surface area contributed by atoms with Crippen molar-refractivity contribution in [1.29, 1.82) is 0 Å². The molecule has 1 aliphatic heterocycles. The van der Waals surface area contributed by atoms with Gasteiger partial charge in [-0.05, 0) is 36.2 Å². The van der Waals surface area contributed by atoms with Crippen LogP contribution in [-0.4, -0.2) is 36.9 Å². The van der Waals surface area contributed by atoms with Crippen LogP contribution in [0.5, 0.6) is 5.75 Å². The second kappa shape index (κ2) is 8.32. The molecule has 1 unspecified atom stereocenters. The number of hydrogen-bond acceptors (Lipinski definition) is 3. The summed E-state index contributed by atoms with van der Waals surface area (Å²) in [4.78, 5) is 26.1. The Kier molecular flexibility index (Phi) is 6.02. The predicted octanol–water partition coefficient (Wildman–Crippen LogP) is 4.01. The molecule has 1 heterocycles. The zero-order valence-electron chi connectivity index (χ0n) is 15.4. The molecule has 0 bridgehead atoms. The van der Waals surface area contributed by atoms with Gasteiger partial charge in [-0.15, -0.1) is 0 Å². The number of benzene rings is 2. The maximum Gasteiger partial charge on any atom is 0.417 e. The zero-order valence-corrected chi connectivity index (χ0v) is 16.2. The Morgan fingerprint density at radius 3 is 2.69 bits per heavy atom. The van der Waals surface area contributed by atoms with Gasteiger partial charge in [-0.3, -0.25) is 9.59 Å². The molecule has 3 rings (SSSR count). The molecular weight excluding hydrogens is 409 g/mol. The van der Waals surface area contributed by atoms with Gasteiger partial charge in [0.05, 0.1) is 23.0 Å². The summed E-state index contributed by atoms with van der Waals surface area (Å²) in [5, 5.41) is 1.91. The van der Waals surface area contributed by atoms with Crippen LogP contribution in [0.25, 0.3) is 0 Å². The Labute approximate surface area is 170 Å². The first-order valence-electron chi connectivity index (χ1n) is 8.77. The van der Waals surface area contributed by atoms with E-state index >= 15 is 0 Å². The Bertz CT molecular complexity index is 933. The quantitative estimate of drug-likeness (QED) is 0.803. The molecule has 5 nitrogen and oxygen atoms in total. The van der Waals surface area contributed by atoms with E-state index in [1.807, 2.05) is 24.3 Å². The van der Waals surface area contributed by atoms with E-state index in [9.17, 15) is 22.8 Å². The number of likely N-dealkylation sites (N-methyl/N-ethyl adjacent to an activating group) is 1. The van der Waals surface area contributed by atoms with Crippen molar-refractivity contribution in [2.75, 3.05) is 25.5 Å². The van der Waals surface area contributed by atoms with Crippen LogP contribution in [-0.2, 0) is 22.2 Å². The second-order valence-electron chi connectivity index (χ2n) is 6.75. The summed E-state index contributed by atoms with van der Waals surface area (Å²) in [7, 11) is 1.46. The first-order valence-corrected chi connectivity index (χ1v) is 9.15. The number of nitrogens with one attached hydrogen (secondary N) is 1. The monoisotopic (exact) mass is 426 g/mol. The molecule has 2 aromatic rings. The lowest BCUT2D eigenvalue weighted by Gasteiger charge is -2.28. The van der Waals surface area contributed by atoms with E-state index in [4.69, 9.17) is 16.3 Å². The summed E-state index contributed by atoms with van der Waals surface area (Å²) in [6.45, 7) is -0.102. The fourth-order valence-electron chi connectivity index (χ4n) is 3.11. The molecule has 0 radical (unpaired) electrons. The van der Waals surface area contributed by atoms with Crippen LogP contribution in [0.4, 0.5) is 18.9 Å². The van der Waals surface area contributed by atoms with Gasteiger partial charge < -0.3 is 15.0 Å². The van der Waals surface area contributed by atoms with E-state index < -0.39 is 28.6 Å². The first kappa shape index (κ1) is 21.0. The molecule has 29 heavy (non-hydrogen) atoms. The molecule has 0 aromatic heterocycles. The minimum atomic E-state index is -4.64. The smallest absolute Gasteiger partial charge is 0.417 e. The van der Waals surface area contributed by atoms with Crippen LogP contribution in [0.2, 0.25) is 5.02 Å². The van der Waals surface area contributed by atoms with E-state index in [0.29, 0.717) is 6.42 Å². The molecule has 0 aliphatic carbocycles. The van der Waals surface area contributed by atoms with Crippen molar-refractivity contribution in [1.82, 2.24) is 4.90 Å². The lowest BCUT2D eigenvalue weighted by molar-refractivity contribution is -0.138. The highest BCUT2D eigenvalue weighted by Crippen LogP contribution is 2.36. The van der Waals surface area contributed by atoms with Crippen LogP contribution >= 0.6 is 11.6 Å². The molecule has 1 aliphatic rings. The lowest BCUT2D eigenvalue weighted by atomic mass is 9.95. The Morgan fingerprint density at radius 1 is 1.24 bits per heavy atom. The first-order chi connectivity index (χ1) is 13.6. The van der Waals surface area contributed by atoms with Crippen LogP contribution in [0.3, 0.4) is 0 Å². The number of para-hydroxylation sites is 1. The largest absolute Gasteiger partial charge is 0.492 e.